The Morgan fingerprint density at radius 1 is 1.00 bits per heavy atom. The molecular formula is C14H12Cl2FNO2S. The van der Waals surface area contributed by atoms with Gasteiger partial charge < -0.3 is 5.73 Å². The van der Waals surface area contributed by atoms with Gasteiger partial charge in [-0.15, -0.1) is 3.89 Å². The zero-order chi connectivity index (χ0) is 15.6. The Bertz CT molecular complexity index is 779. The molecule has 0 aliphatic rings. The highest BCUT2D eigenvalue weighted by Crippen LogP contribution is 2.26. The van der Waals surface area contributed by atoms with E-state index in [2.05, 4.69) is 0 Å². The summed E-state index contributed by atoms with van der Waals surface area (Å²) >= 11 is 11.8. The van der Waals surface area contributed by atoms with Crippen LogP contribution in [-0.4, -0.2) is 8.42 Å². The van der Waals surface area contributed by atoms with Gasteiger partial charge in [-0.3, -0.25) is 0 Å². The van der Waals surface area contributed by atoms with Crippen molar-refractivity contribution in [1.29, 1.82) is 0 Å². The lowest BCUT2D eigenvalue weighted by molar-refractivity contribution is 0.550. The second-order valence-electron chi connectivity index (χ2n) is 4.54. The minimum atomic E-state index is -4.81. The predicted octanol–water partition coefficient (Wildman–Crippen LogP) is 4.02. The fourth-order valence-corrected chi connectivity index (χ4v) is 3.27. The molecule has 0 heterocycles. The van der Waals surface area contributed by atoms with Gasteiger partial charge in [0.15, 0.2) is 0 Å². The Balaban J connectivity index is 2.28. The molecule has 0 saturated heterocycles. The van der Waals surface area contributed by atoms with E-state index in [4.69, 9.17) is 28.9 Å². The molecule has 0 bridgehead atoms. The Labute approximate surface area is 132 Å². The Morgan fingerprint density at radius 2 is 1.62 bits per heavy atom. The molecule has 112 valence electrons. The third kappa shape index (κ3) is 4.09. The van der Waals surface area contributed by atoms with E-state index in [0.717, 1.165) is 11.6 Å². The third-order valence-electron chi connectivity index (χ3n) is 3.03. The highest BCUT2D eigenvalue weighted by atomic mass is 35.5. The number of nitrogens with two attached hydrogens (primary N) is 1. The molecule has 3 nitrogen and oxygen atoms in total. The molecule has 0 aliphatic heterocycles. The average Bonchev–Trinajstić information content (AvgIpc) is 2.38. The SMILES string of the molecule is Nc1ccc(CCc2ccc(Cl)cc2S(=O)(=O)F)c(Cl)c1. The van der Waals surface area contributed by atoms with Crippen molar-refractivity contribution in [3.63, 3.8) is 0 Å². The largest absolute Gasteiger partial charge is 0.399 e. The van der Waals surface area contributed by atoms with Crippen molar-refractivity contribution in [3.05, 3.63) is 57.6 Å². The number of hydrogen-bond donors (Lipinski definition) is 1. The number of anilines is 1. The molecule has 0 fully saturated rings. The number of nitrogen functional groups attached to an aromatic ring is 1. The number of rotatable bonds is 4. The first-order chi connectivity index (χ1) is 9.77. The lowest BCUT2D eigenvalue weighted by Gasteiger charge is -2.08. The van der Waals surface area contributed by atoms with Crippen LogP contribution in [0.25, 0.3) is 0 Å². The normalized spacial score (nSPS) is 11.6. The first-order valence-corrected chi connectivity index (χ1v) is 8.18. The minimum Gasteiger partial charge on any atom is -0.399 e. The van der Waals surface area contributed by atoms with Crippen molar-refractivity contribution >= 4 is 39.1 Å². The first-order valence-electron chi connectivity index (χ1n) is 6.04. The van der Waals surface area contributed by atoms with Crippen molar-refractivity contribution in [1.82, 2.24) is 0 Å². The van der Waals surface area contributed by atoms with Crippen molar-refractivity contribution in [2.45, 2.75) is 17.7 Å². The van der Waals surface area contributed by atoms with Crippen LogP contribution in [0, 0.1) is 0 Å². The zero-order valence-electron chi connectivity index (χ0n) is 10.8. The van der Waals surface area contributed by atoms with Crippen molar-refractivity contribution in [2.24, 2.45) is 0 Å². The molecule has 0 atom stereocenters. The maximum Gasteiger partial charge on any atom is 0.332 e. The van der Waals surface area contributed by atoms with E-state index in [1.165, 1.54) is 12.1 Å². The number of halogens is 3. The zero-order valence-corrected chi connectivity index (χ0v) is 13.1. The quantitative estimate of drug-likeness (QED) is 0.671. The van der Waals surface area contributed by atoms with E-state index < -0.39 is 15.1 Å². The maximum atomic E-state index is 13.3. The van der Waals surface area contributed by atoms with Crippen LogP contribution in [0.4, 0.5) is 9.57 Å². The number of hydrogen-bond acceptors (Lipinski definition) is 3. The van der Waals surface area contributed by atoms with Gasteiger partial charge in [-0.25, -0.2) is 0 Å². The van der Waals surface area contributed by atoms with Crippen LogP contribution in [-0.2, 0) is 23.1 Å². The molecule has 0 spiro atoms. The molecule has 2 aromatic carbocycles. The fraction of sp³-hybridized carbons (Fsp3) is 0.143. The predicted molar refractivity (Wildman–Crippen MR) is 83.0 cm³/mol. The fourth-order valence-electron chi connectivity index (χ4n) is 2.00. The van der Waals surface area contributed by atoms with Crippen LogP contribution in [0.15, 0.2) is 41.3 Å². The van der Waals surface area contributed by atoms with E-state index in [-0.39, 0.29) is 5.02 Å². The lowest BCUT2D eigenvalue weighted by atomic mass is 10.0. The molecule has 7 heteroatoms. The van der Waals surface area contributed by atoms with Gasteiger partial charge in [-0.1, -0.05) is 35.3 Å². The summed E-state index contributed by atoms with van der Waals surface area (Å²) in [6, 6.07) is 9.21. The van der Waals surface area contributed by atoms with Gasteiger partial charge in [0.2, 0.25) is 0 Å². The maximum absolute atomic E-state index is 13.3. The second kappa shape index (κ2) is 6.22. The molecule has 2 rings (SSSR count). The van der Waals surface area contributed by atoms with Crippen LogP contribution in [0.2, 0.25) is 10.0 Å². The van der Waals surface area contributed by atoms with Gasteiger partial charge in [0.05, 0.1) is 0 Å². The van der Waals surface area contributed by atoms with Gasteiger partial charge in [-0.2, -0.15) is 8.42 Å². The minimum absolute atomic E-state index is 0.167. The lowest BCUT2D eigenvalue weighted by Crippen LogP contribution is -2.01. The standard InChI is InChI=1S/C14H12Cl2FNO2S/c15-11-5-3-10(14(7-11)21(17,19)20)2-1-9-4-6-12(18)8-13(9)16/h3-8H,1-2,18H2. The molecule has 2 N–H and O–H groups in total. The van der Waals surface area contributed by atoms with E-state index >= 15 is 0 Å². The van der Waals surface area contributed by atoms with E-state index in [9.17, 15) is 12.3 Å². The van der Waals surface area contributed by atoms with Crippen LogP contribution in [0.3, 0.4) is 0 Å². The summed E-state index contributed by atoms with van der Waals surface area (Å²) in [4.78, 5) is -0.401. The van der Waals surface area contributed by atoms with Gasteiger partial charge in [0.25, 0.3) is 0 Å². The van der Waals surface area contributed by atoms with Gasteiger partial charge in [0, 0.05) is 15.7 Å². The topological polar surface area (TPSA) is 60.2 Å². The Morgan fingerprint density at radius 3 is 2.24 bits per heavy atom. The molecule has 0 radical (unpaired) electrons. The van der Waals surface area contributed by atoms with E-state index in [1.807, 2.05) is 0 Å². The van der Waals surface area contributed by atoms with Crippen LogP contribution in [0.1, 0.15) is 11.1 Å². The summed E-state index contributed by atoms with van der Waals surface area (Å²) in [5.74, 6) is 0. The van der Waals surface area contributed by atoms with Gasteiger partial charge in [-0.05, 0) is 48.2 Å². The second-order valence-corrected chi connectivity index (χ2v) is 6.70. The molecule has 0 saturated carbocycles. The van der Waals surface area contributed by atoms with Crippen LogP contribution < -0.4 is 5.73 Å². The molecular weight excluding hydrogens is 336 g/mol. The van der Waals surface area contributed by atoms with Crippen LogP contribution in [0.5, 0.6) is 0 Å². The van der Waals surface area contributed by atoms with Crippen molar-refractivity contribution in [3.8, 4) is 0 Å². The smallest absolute Gasteiger partial charge is 0.332 e. The number of benzene rings is 2. The molecule has 21 heavy (non-hydrogen) atoms. The summed E-state index contributed by atoms with van der Waals surface area (Å²) in [5.41, 5.74) is 7.31. The number of aryl methyl sites for hydroxylation is 2. The van der Waals surface area contributed by atoms with E-state index in [0.29, 0.717) is 29.1 Å². The van der Waals surface area contributed by atoms with Crippen molar-refractivity contribution < 1.29 is 12.3 Å². The van der Waals surface area contributed by atoms with E-state index in [1.54, 1.807) is 18.2 Å². The Kier molecular flexibility index (Phi) is 4.76. The summed E-state index contributed by atoms with van der Waals surface area (Å²) in [5, 5.41) is 0.661. The summed E-state index contributed by atoms with van der Waals surface area (Å²) in [6.07, 6.45) is 0.780. The highest BCUT2D eigenvalue weighted by Gasteiger charge is 2.18. The summed E-state index contributed by atoms with van der Waals surface area (Å²) in [6.45, 7) is 0. The van der Waals surface area contributed by atoms with Crippen molar-refractivity contribution in [2.75, 3.05) is 5.73 Å². The highest BCUT2D eigenvalue weighted by molar-refractivity contribution is 7.86. The van der Waals surface area contributed by atoms with Crippen LogP contribution >= 0.6 is 23.2 Å². The summed E-state index contributed by atoms with van der Waals surface area (Å²) < 4.78 is 35.6. The monoisotopic (exact) mass is 347 g/mol. The molecule has 0 aromatic heterocycles. The van der Waals surface area contributed by atoms with Gasteiger partial charge in [0.1, 0.15) is 4.90 Å². The molecule has 0 amide bonds. The molecule has 2 aromatic rings. The first kappa shape index (κ1) is 16.1. The Hall–Kier alpha value is -1.30. The summed E-state index contributed by atoms with van der Waals surface area (Å²) in [7, 11) is -4.81. The molecule has 0 unspecified atom stereocenters. The third-order valence-corrected chi connectivity index (χ3v) is 4.53. The van der Waals surface area contributed by atoms with Gasteiger partial charge >= 0.3 is 10.2 Å². The molecule has 0 aliphatic carbocycles. The average molecular weight is 348 g/mol.